The molecule has 0 spiro atoms. The molecule has 4 rings (SSSR count). The van der Waals surface area contributed by atoms with Gasteiger partial charge in [0.25, 0.3) is 5.91 Å². The van der Waals surface area contributed by atoms with Gasteiger partial charge in [0, 0.05) is 5.02 Å². The number of halogens is 2. The predicted molar refractivity (Wildman–Crippen MR) is 120 cm³/mol. The molecular weight excluding hydrogens is 431 g/mol. The lowest BCUT2D eigenvalue weighted by molar-refractivity contribution is -0.123. The summed E-state index contributed by atoms with van der Waals surface area (Å²) in [5.74, 6) is -1.92. The number of carbonyl (C=O) groups excluding carboxylic acids is 2. The minimum atomic E-state index is -1.12. The second kappa shape index (κ2) is 8.63. The number of amides is 2. The van der Waals surface area contributed by atoms with Gasteiger partial charge in [-0.1, -0.05) is 54.1 Å². The number of phenolic OH excluding ortho intramolecular Hbond substituents is 1. The Kier molecular flexibility index (Phi) is 5.89. The molecule has 3 aromatic carbocycles. The Labute approximate surface area is 190 Å². The van der Waals surface area contributed by atoms with Gasteiger partial charge in [-0.05, 0) is 60.2 Å². The minimum Gasteiger partial charge on any atom is -0.507 e. The van der Waals surface area contributed by atoms with E-state index in [0.29, 0.717) is 35.1 Å². The lowest BCUT2D eigenvalue weighted by Crippen LogP contribution is -2.43. The molecule has 0 aliphatic heterocycles. The number of aromatic hydroxyl groups is 1. The van der Waals surface area contributed by atoms with Crippen LogP contribution in [-0.2, 0) is 11.2 Å². The fourth-order valence-corrected chi connectivity index (χ4v) is 4.63. The van der Waals surface area contributed by atoms with Gasteiger partial charge >= 0.3 is 0 Å². The molecule has 1 aliphatic carbocycles. The Bertz CT molecular complexity index is 1200. The highest BCUT2D eigenvalue weighted by molar-refractivity contribution is 6.30. The van der Waals surface area contributed by atoms with Crippen molar-refractivity contribution in [1.82, 2.24) is 4.90 Å². The zero-order chi connectivity index (χ0) is 23.0. The van der Waals surface area contributed by atoms with Crippen molar-refractivity contribution in [3.63, 3.8) is 0 Å². The highest BCUT2D eigenvalue weighted by Gasteiger charge is 2.41. The third-order valence-corrected chi connectivity index (χ3v) is 6.14. The summed E-state index contributed by atoms with van der Waals surface area (Å²) < 4.78 is 14.6. The third kappa shape index (κ3) is 3.82. The van der Waals surface area contributed by atoms with E-state index in [2.05, 4.69) is 0 Å². The number of primary amides is 1. The molecular formula is C25H22ClFN2O3. The fraction of sp³-hybridized carbons (Fsp3) is 0.200. The van der Waals surface area contributed by atoms with Crippen LogP contribution in [0, 0.1) is 12.7 Å². The van der Waals surface area contributed by atoms with Crippen molar-refractivity contribution in [2.75, 3.05) is 0 Å². The molecule has 0 fully saturated rings. The molecule has 2 amide bonds. The van der Waals surface area contributed by atoms with Crippen LogP contribution in [0.25, 0.3) is 0 Å². The van der Waals surface area contributed by atoms with Crippen molar-refractivity contribution in [3.8, 4) is 5.75 Å². The topological polar surface area (TPSA) is 83.6 Å². The molecule has 7 heteroatoms. The molecule has 32 heavy (non-hydrogen) atoms. The normalized spacial score (nSPS) is 15.8. The van der Waals surface area contributed by atoms with Crippen LogP contribution in [0.4, 0.5) is 4.39 Å². The number of nitrogens with two attached hydrogens (primary N) is 1. The number of aryl methyl sites for hydroxylation is 1. The first-order chi connectivity index (χ1) is 15.3. The van der Waals surface area contributed by atoms with Gasteiger partial charge in [-0.15, -0.1) is 0 Å². The number of phenols is 1. The van der Waals surface area contributed by atoms with E-state index in [1.54, 1.807) is 55.5 Å². The summed E-state index contributed by atoms with van der Waals surface area (Å²) in [5, 5.41) is 10.8. The maximum Gasteiger partial charge on any atom is 0.259 e. The smallest absolute Gasteiger partial charge is 0.259 e. The van der Waals surface area contributed by atoms with E-state index in [1.807, 2.05) is 0 Å². The number of benzene rings is 3. The number of rotatable bonds is 5. The maximum atomic E-state index is 14.6. The molecule has 5 nitrogen and oxygen atoms in total. The molecule has 3 aromatic rings. The number of para-hydroxylation sites is 1. The van der Waals surface area contributed by atoms with Gasteiger partial charge in [0.2, 0.25) is 5.91 Å². The minimum absolute atomic E-state index is 0.0446. The predicted octanol–water partition coefficient (Wildman–Crippen LogP) is 4.85. The average Bonchev–Trinajstić information content (AvgIpc) is 3.17. The van der Waals surface area contributed by atoms with Crippen LogP contribution in [0.5, 0.6) is 5.75 Å². The van der Waals surface area contributed by atoms with E-state index >= 15 is 0 Å². The zero-order valence-corrected chi connectivity index (χ0v) is 18.1. The summed E-state index contributed by atoms with van der Waals surface area (Å²) in [4.78, 5) is 27.9. The number of fused-ring (bicyclic) bond motifs is 1. The first kappa shape index (κ1) is 21.8. The van der Waals surface area contributed by atoms with E-state index in [0.717, 1.165) is 0 Å². The van der Waals surface area contributed by atoms with Crippen LogP contribution < -0.4 is 5.73 Å². The molecule has 0 unspecified atom stereocenters. The number of hydrogen-bond donors (Lipinski definition) is 2. The molecule has 3 N–H and O–H groups in total. The highest BCUT2D eigenvalue weighted by atomic mass is 35.5. The summed E-state index contributed by atoms with van der Waals surface area (Å²) in [6, 6.07) is 14.6. The van der Waals surface area contributed by atoms with Crippen LogP contribution in [0.1, 0.15) is 51.1 Å². The average molecular weight is 453 g/mol. The fourth-order valence-electron chi connectivity index (χ4n) is 4.42. The molecule has 0 aromatic heterocycles. The summed E-state index contributed by atoms with van der Waals surface area (Å²) in [7, 11) is 0. The molecule has 0 heterocycles. The van der Waals surface area contributed by atoms with E-state index in [9.17, 15) is 19.1 Å². The van der Waals surface area contributed by atoms with E-state index in [1.165, 1.54) is 17.0 Å². The number of nitrogens with zero attached hydrogens (tertiary/aromatic N) is 1. The van der Waals surface area contributed by atoms with Crippen molar-refractivity contribution in [2.24, 2.45) is 5.73 Å². The van der Waals surface area contributed by atoms with E-state index in [-0.39, 0.29) is 16.3 Å². The summed E-state index contributed by atoms with van der Waals surface area (Å²) in [6.45, 7) is 1.68. The van der Waals surface area contributed by atoms with Gasteiger partial charge in [-0.3, -0.25) is 9.59 Å². The van der Waals surface area contributed by atoms with Crippen LogP contribution in [-0.4, -0.2) is 21.8 Å². The maximum absolute atomic E-state index is 14.6. The molecule has 0 saturated carbocycles. The Morgan fingerprint density at radius 3 is 2.56 bits per heavy atom. The zero-order valence-electron chi connectivity index (χ0n) is 17.4. The van der Waals surface area contributed by atoms with Crippen LogP contribution in [0.3, 0.4) is 0 Å². The Balaban J connectivity index is 1.91. The van der Waals surface area contributed by atoms with Crippen molar-refractivity contribution in [2.45, 2.75) is 31.8 Å². The van der Waals surface area contributed by atoms with Crippen LogP contribution in [0.2, 0.25) is 5.02 Å². The van der Waals surface area contributed by atoms with E-state index in [4.69, 9.17) is 17.3 Å². The molecule has 0 radical (unpaired) electrons. The SMILES string of the molecule is Cc1cccc(C(=O)N([C@@H]2CCc3c(F)cc(Cl)cc32)[C@@H](C(N)=O)c2ccccc2)c1O. The molecule has 0 saturated heterocycles. The number of hydrogen-bond acceptors (Lipinski definition) is 3. The standard InChI is InChI=1S/C25H22ClFN2O3/c1-14-6-5-9-18(23(14)30)25(32)29(22(24(28)31)15-7-3-2-4-8-15)21-11-10-17-19(21)12-16(26)13-20(17)27/h2-9,12-13,21-22,30H,10-11H2,1H3,(H2,28,31)/t21-,22-/m1/s1. The quantitative estimate of drug-likeness (QED) is 0.580. The second-order valence-electron chi connectivity index (χ2n) is 7.91. The largest absolute Gasteiger partial charge is 0.507 e. The highest BCUT2D eigenvalue weighted by Crippen LogP contribution is 2.43. The van der Waals surface area contributed by atoms with Gasteiger partial charge in [0.05, 0.1) is 11.6 Å². The lowest BCUT2D eigenvalue weighted by Gasteiger charge is -2.36. The Morgan fingerprint density at radius 2 is 1.88 bits per heavy atom. The van der Waals surface area contributed by atoms with Gasteiger partial charge in [0.1, 0.15) is 17.6 Å². The monoisotopic (exact) mass is 452 g/mol. The van der Waals surface area contributed by atoms with Crippen molar-refractivity contribution in [1.29, 1.82) is 0 Å². The summed E-state index contributed by atoms with van der Waals surface area (Å²) in [6.07, 6.45) is 0.772. The Hall–Kier alpha value is -3.38. The van der Waals surface area contributed by atoms with Gasteiger partial charge in [0.15, 0.2) is 0 Å². The van der Waals surface area contributed by atoms with Gasteiger partial charge < -0.3 is 15.7 Å². The summed E-state index contributed by atoms with van der Waals surface area (Å²) >= 11 is 6.13. The Morgan fingerprint density at radius 1 is 1.16 bits per heavy atom. The molecule has 164 valence electrons. The van der Waals surface area contributed by atoms with E-state index < -0.39 is 29.7 Å². The molecule has 0 bridgehead atoms. The van der Waals surface area contributed by atoms with Crippen LogP contribution in [0.15, 0.2) is 60.7 Å². The van der Waals surface area contributed by atoms with Gasteiger partial charge in [-0.2, -0.15) is 0 Å². The van der Waals surface area contributed by atoms with Crippen molar-refractivity contribution >= 4 is 23.4 Å². The third-order valence-electron chi connectivity index (χ3n) is 5.92. The second-order valence-corrected chi connectivity index (χ2v) is 8.35. The first-order valence-electron chi connectivity index (χ1n) is 10.2. The lowest BCUT2D eigenvalue weighted by atomic mass is 9.97. The first-order valence-corrected chi connectivity index (χ1v) is 10.6. The molecule has 1 aliphatic rings. The summed E-state index contributed by atoms with van der Waals surface area (Å²) in [5.41, 5.74) is 7.89. The van der Waals surface area contributed by atoms with Crippen molar-refractivity contribution in [3.05, 3.63) is 99.3 Å². The van der Waals surface area contributed by atoms with Crippen LogP contribution >= 0.6 is 11.6 Å². The number of carbonyl (C=O) groups is 2. The molecule has 2 atom stereocenters. The van der Waals surface area contributed by atoms with Gasteiger partial charge in [-0.25, -0.2) is 4.39 Å². The van der Waals surface area contributed by atoms with Crippen molar-refractivity contribution < 1.29 is 19.1 Å².